The molecule has 2 unspecified atom stereocenters. The highest BCUT2D eigenvalue weighted by atomic mass is 32.2. The summed E-state index contributed by atoms with van der Waals surface area (Å²) >= 11 is 1.80. The zero-order valence-corrected chi connectivity index (χ0v) is 9.39. The van der Waals surface area contributed by atoms with Crippen LogP contribution in [-0.2, 0) is 9.53 Å². The Balaban J connectivity index is 2.19. The number of methoxy groups -OCH3 is 1. The summed E-state index contributed by atoms with van der Waals surface area (Å²) in [7, 11) is 1.69. The summed E-state index contributed by atoms with van der Waals surface area (Å²) in [6, 6.07) is 0. The second-order valence-electron chi connectivity index (χ2n) is 3.63. The average Bonchev–Trinajstić information content (AvgIpc) is 2.60. The minimum atomic E-state index is -0.619. The van der Waals surface area contributed by atoms with Crippen molar-refractivity contribution >= 4 is 17.7 Å². The summed E-state index contributed by atoms with van der Waals surface area (Å²) in [5, 5.41) is 9.29. The second-order valence-corrected chi connectivity index (χ2v) is 4.98. The molecule has 0 amide bonds. The highest BCUT2D eigenvalue weighted by molar-refractivity contribution is 7.99. The SMILES string of the molecule is COCCCSC1CCCC1C(=O)O. The molecule has 3 nitrogen and oxygen atoms in total. The van der Waals surface area contributed by atoms with Gasteiger partial charge >= 0.3 is 5.97 Å². The van der Waals surface area contributed by atoms with E-state index in [9.17, 15) is 4.79 Å². The van der Waals surface area contributed by atoms with Gasteiger partial charge in [0.2, 0.25) is 0 Å². The predicted molar refractivity (Wildman–Crippen MR) is 57.7 cm³/mol. The van der Waals surface area contributed by atoms with E-state index in [2.05, 4.69) is 0 Å². The van der Waals surface area contributed by atoms with Gasteiger partial charge in [-0.05, 0) is 25.0 Å². The van der Waals surface area contributed by atoms with Gasteiger partial charge in [-0.3, -0.25) is 4.79 Å². The number of hydrogen-bond acceptors (Lipinski definition) is 3. The van der Waals surface area contributed by atoms with Crippen molar-refractivity contribution in [2.24, 2.45) is 5.92 Å². The van der Waals surface area contributed by atoms with Crippen LogP contribution in [0.3, 0.4) is 0 Å². The summed E-state index contributed by atoms with van der Waals surface area (Å²) in [6.45, 7) is 0.775. The minimum Gasteiger partial charge on any atom is -0.481 e. The molecule has 14 heavy (non-hydrogen) atoms. The van der Waals surface area contributed by atoms with Gasteiger partial charge in [-0.15, -0.1) is 0 Å². The number of ether oxygens (including phenoxy) is 1. The van der Waals surface area contributed by atoms with E-state index in [-0.39, 0.29) is 5.92 Å². The van der Waals surface area contributed by atoms with Crippen molar-refractivity contribution in [3.63, 3.8) is 0 Å². The van der Waals surface area contributed by atoms with Crippen molar-refractivity contribution in [2.75, 3.05) is 19.5 Å². The Kier molecular flexibility index (Phi) is 5.33. The number of carboxylic acid groups (broad SMARTS) is 1. The third-order valence-corrected chi connectivity index (χ3v) is 4.11. The Morgan fingerprint density at radius 3 is 3.00 bits per heavy atom. The maximum Gasteiger partial charge on any atom is 0.307 e. The standard InChI is InChI=1S/C10H18O3S/c1-13-6-3-7-14-9-5-2-4-8(9)10(11)12/h8-9H,2-7H2,1H3,(H,11,12). The summed E-state index contributed by atoms with van der Waals surface area (Å²) in [5.74, 6) is 0.289. The van der Waals surface area contributed by atoms with E-state index < -0.39 is 5.97 Å². The number of rotatable bonds is 6. The van der Waals surface area contributed by atoms with Gasteiger partial charge < -0.3 is 9.84 Å². The van der Waals surface area contributed by atoms with Crippen LogP contribution in [0, 0.1) is 5.92 Å². The fraction of sp³-hybridized carbons (Fsp3) is 0.900. The molecule has 82 valence electrons. The first kappa shape index (κ1) is 11.9. The molecule has 1 aliphatic rings. The zero-order chi connectivity index (χ0) is 10.4. The van der Waals surface area contributed by atoms with E-state index >= 15 is 0 Å². The van der Waals surface area contributed by atoms with Crippen LogP contribution in [0.2, 0.25) is 0 Å². The van der Waals surface area contributed by atoms with Crippen molar-refractivity contribution < 1.29 is 14.6 Å². The van der Waals surface area contributed by atoms with Crippen LogP contribution in [0.4, 0.5) is 0 Å². The average molecular weight is 218 g/mol. The van der Waals surface area contributed by atoms with E-state index in [1.54, 1.807) is 18.9 Å². The summed E-state index contributed by atoms with van der Waals surface area (Å²) < 4.78 is 4.95. The van der Waals surface area contributed by atoms with Crippen molar-refractivity contribution in [1.82, 2.24) is 0 Å². The van der Waals surface area contributed by atoms with E-state index in [1.807, 2.05) is 0 Å². The molecular formula is C10H18O3S. The van der Waals surface area contributed by atoms with Crippen molar-refractivity contribution in [2.45, 2.75) is 30.9 Å². The molecule has 1 saturated carbocycles. The highest BCUT2D eigenvalue weighted by Crippen LogP contribution is 2.35. The molecule has 0 spiro atoms. The molecule has 1 N–H and O–H groups in total. The Hall–Kier alpha value is -0.220. The van der Waals surface area contributed by atoms with Gasteiger partial charge in [-0.1, -0.05) is 6.42 Å². The van der Waals surface area contributed by atoms with Crippen molar-refractivity contribution in [3.05, 3.63) is 0 Å². The third-order valence-electron chi connectivity index (χ3n) is 2.59. The monoisotopic (exact) mass is 218 g/mol. The second kappa shape index (κ2) is 6.30. The predicted octanol–water partition coefficient (Wildman–Crippen LogP) is 2.01. The van der Waals surface area contributed by atoms with Crippen LogP contribution in [0.5, 0.6) is 0 Å². The molecule has 1 aliphatic carbocycles. The Labute approximate surface area is 89.2 Å². The molecule has 1 fully saturated rings. The lowest BCUT2D eigenvalue weighted by Gasteiger charge is -2.14. The van der Waals surface area contributed by atoms with E-state index in [1.165, 1.54) is 0 Å². The molecule has 0 aliphatic heterocycles. The molecule has 0 radical (unpaired) electrons. The molecule has 2 atom stereocenters. The summed E-state index contributed by atoms with van der Waals surface area (Å²) in [6.07, 6.45) is 4.01. The molecule has 0 bridgehead atoms. The van der Waals surface area contributed by atoms with Crippen LogP contribution in [-0.4, -0.2) is 35.8 Å². The van der Waals surface area contributed by atoms with Crippen molar-refractivity contribution in [1.29, 1.82) is 0 Å². The molecular weight excluding hydrogens is 200 g/mol. The minimum absolute atomic E-state index is 0.109. The molecule has 4 heteroatoms. The lowest BCUT2D eigenvalue weighted by Crippen LogP contribution is -2.20. The van der Waals surface area contributed by atoms with Gasteiger partial charge in [-0.25, -0.2) is 0 Å². The van der Waals surface area contributed by atoms with Crippen LogP contribution >= 0.6 is 11.8 Å². The fourth-order valence-electron chi connectivity index (χ4n) is 1.85. The van der Waals surface area contributed by atoms with Gasteiger partial charge in [-0.2, -0.15) is 11.8 Å². The highest BCUT2D eigenvalue weighted by Gasteiger charge is 2.32. The van der Waals surface area contributed by atoms with E-state index in [0.29, 0.717) is 5.25 Å². The number of thioether (sulfide) groups is 1. The number of carbonyl (C=O) groups is 1. The molecule has 1 rings (SSSR count). The van der Waals surface area contributed by atoms with E-state index in [4.69, 9.17) is 9.84 Å². The third kappa shape index (κ3) is 3.50. The first-order valence-electron chi connectivity index (χ1n) is 5.09. The van der Waals surface area contributed by atoms with Gasteiger partial charge in [0.1, 0.15) is 0 Å². The number of aliphatic carboxylic acids is 1. The quantitative estimate of drug-likeness (QED) is 0.693. The normalized spacial score (nSPS) is 26.6. The first-order chi connectivity index (χ1) is 6.75. The molecule has 0 aromatic carbocycles. The molecule has 0 saturated heterocycles. The van der Waals surface area contributed by atoms with Gasteiger partial charge in [0, 0.05) is 19.0 Å². The van der Waals surface area contributed by atoms with E-state index in [0.717, 1.165) is 38.0 Å². The number of carboxylic acids is 1. The maximum atomic E-state index is 10.9. The Morgan fingerprint density at radius 1 is 1.57 bits per heavy atom. The fourth-order valence-corrected chi connectivity index (χ4v) is 3.25. The van der Waals surface area contributed by atoms with Crippen LogP contribution in [0.15, 0.2) is 0 Å². The van der Waals surface area contributed by atoms with Crippen LogP contribution in [0.1, 0.15) is 25.7 Å². The van der Waals surface area contributed by atoms with Crippen LogP contribution < -0.4 is 0 Å². The topological polar surface area (TPSA) is 46.5 Å². The largest absolute Gasteiger partial charge is 0.481 e. The smallest absolute Gasteiger partial charge is 0.307 e. The van der Waals surface area contributed by atoms with Gasteiger partial charge in [0.05, 0.1) is 5.92 Å². The molecule has 0 aromatic heterocycles. The summed E-state index contributed by atoms with van der Waals surface area (Å²) in [5.41, 5.74) is 0. The van der Waals surface area contributed by atoms with Crippen LogP contribution in [0.25, 0.3) is 0 Å². The maximum absolute atomic E-state index is 10.9. The lowest BCUT2D eigenvalue weighted by molar-refractivity contribution is -0.141. The zero-order valence-electron chi connectivity index (χ0n) is 8.57. The summed E-state index contributed by atoms with van der Waals surface area (Å²) in [4.78, 5) is 10.9. The van der Waals surface area contributed by atoms with Gasteiger partial charge in [0.15, 0.2) is 0 Å². The molecule has 0 aromatic rings. The van der Waals surface area contributed by atoms with Gasteiger partial charge in [0.25, 0.3) is 0 Å². The first-order valence-corrected chi connectivity index (χ1v) is 6.14. The molecule has 0 heterocycles. The number of hydrogen-bond donors (Lipinski definition) is 1. The Morgan fingerprint density at radius 2 is 2.36 bits per heavy atom. The lowest BCUT2D eigenvalue weighted by atomic mass is 10.1. The van der Waals surface area contributed by atoms with Crippen molar-refractivity contribution in [3.8, 4) is 0 Å². The Bertz CT molecular complexity index is 184.